The number of nitrogens with two attached hydrogens (primary N) is 1. The number of hydrogen-bond donors (Lipinski definition) is 1. The molecule has 8 heteroatoms. The molecule has 0 aliphatic rings. The molecule has 0 saturated carbocycles. The Morgan fingerprint density at radius 1 is 1.37 bits per heavy atom. The summed E-state index contributed by atoms with van der Waals surface area (Å²) in [7, 11) is -4.29. The lowest BCUT2D eigenvalue weighted by Crippen LogP contribution is -2.24. The Morgan fingerprint density at radius 3 is 2.32 bits per heavy atom. The van der Waals surface area contributed by atoms with E-state index in [1.54, 1.807) is 20.8 Å². The molecule has 0 saturated heterocycles. The lowest BCUT2D eigenvalue weighted by atomic mass is 10.1. The molecule has 5 nitrogen and oxygen atoms in total. The maximum Gasteiger partial charge on any atom is 0.340 e. The molecule has 0 unspecified atom stereocenters. The summed E-state index contributed by atoms with van der Waals surface area (Å²) in [5.41, 5.74) is -1.06. The van der Waals surface area contributed by atoms with E-state index in [-0.39, 0.29) is 10.6 Å². The summed E-state index contributed by atoms with van der Waals surface area (Å²) in [6.07, 6.45) is 0. The fourth-order valence-electron chi connectivity index (χ4n) is 1.24. The molecule has 2 N–H and O–H groups in total. The number of halogens is 2. The van der Waals surface area contributed by atoms with E-state index in [0.717, 1.165) is 6.07 Å². The number of carbonyl (C=O) groups excluding carboxylic acids is 1. The molecular formula is C11H13ClFNO4S. The van der Waals surface area contributed by atoms with Crippen LogP contribution in [0.25, 0.3) is 0 Å². The third-order valence-corrected chi connectivity index (χ3v) is 3.19. The van der Waals surface area contributed by atoms with Gasteiger partial charge in [0.1, 0.15) is 16.3 Å². The molecular weight excluding hydrogens is 297 g/mol. The molecule has 0 heterocycles. The summed E-state index contributed by atoms with van der Waals surface area (Å²) < 4.78 is 40.8. The smallest absolute Gasteiger partial charge is 0.340 e. The van der Waals surface area contributed by atoms with Crippen LogP contribution in [0.2, 0.25) is 5.02 Å². The molecule has 0 amide bonds. The average Bonchev–Trinajstić information content (AvgIpc) is 2.11. The van der Waals surface area contributed by atoms with Crippen LogP contribution in [-0.4, -0.2) is 20.0 Å². The fourth-order valence-corrected chi connectivity index (χ4v) is 2.08. The van der Waals surface area contributed by atoms with Crippen LogP contribution in [0.1, 0.15) is 31.1 Å². The van der Waals surface area contributed by atoms with Gasteiger partial charge in [0.05, 0.1) is 10.6 Å². The van der Waals surface area contributed by atoms with Gasteiger partial charge in [0.2, 0.25) is 10.0 Å². The molecule has 0 aliphatic heterocycles. The van der Waals surface area contributed by atoms with E-state index in [4.69, 9.17) is 21.5 Å². The van der Waals surface area contributed by atoms with Gasteiger partial charge in [-0.1, -0.05) is 11.6 Å². The fraction of sp³-hybridized carbons (Fsp3) is 0.364. The average molecular weight is 310 g/mol. The maximum atomic E-state index is 13.4. The highest BCUT2D eigenvalue weighted by Gasteiger charge is 2.24. The lowest BCUT2D eigenvalue weighted by molar-refractivity contribution is 0.00694. The van der Waals surface area contributed by atoms with Crippen LogP contribution in [0, 0.1) is 5.82 Å². The van der Waals surface area contributed by atoms with Crippen LogP contribution in [0.3, 0.4) is 0 Å². The van der Waals surface area contributed by atoms with Gasteiger partial charge in [0.15, 0.2) is 0 Å². The lowest BCUT2D eigenvalue weighted by Gasteiger charge is -2.20. The third-order valence-electron chi connectivity index (χ3n) is 1.95. The SMILES string of the molecule is CC(C)(C)OC(=O)c1cc(S(N)(=O)=O)c(F)cc1Cl. The summed E-state index contributed by atoms with van der Waals surface area (Å²) >= 11 is 5.70. The quantitative estimate of drug-likeness (QED) is 0.847. The summed E-state index contributed by atoms with van der Waals surface area (Å²) in [6, 6.07) is 1.47. The first kappa shape index (κ1) is 15.9. The maximum absolute atomic E-state index is 13.4. The number of primary sulfonamides is 1. The minimum absolute atomic E-state index is 0.251. The Bertz CT molecular complexity index is 622. The summed E-state index contributed by atoms with van der Waals surface area (Å²) in [5.74, 6) is -1.98. The van der Waals surface area contributed by atoms with Crippen molar-refractivity contribution >= 4 is 27.6 Å². The highest BCUT2D eigenvalue weighted by atomic mass is 35.5. The molecule has 1 aromatic carbocycles. The largest absolute Gasteiger partial charge is 0.456 e. The second-order valence-electron chi connectivity index (χ2n) is 4.81. The van der Waals surface area contributed by atoms with Gasteiger partial charge < -0.3 is 4.74 Å². The first-order valence-corrected chi connectivity index (χ1v) is 7.09. The molecule has 0 fully saturated rings. The van der Waals surface area contributed by atoms with Gasteiger partial charge in [-0.3, -0.25) is 0 Å². The Morgan fingerprint density at radius 2 is 1.89 bits per heavy atom. The Labute approximate surface area is 115 Å². The van der Waals surface area contributed by atoms with Gasteiger partial charge >= 0.3 is 5.97 Å². The zero-order valence-electron chi connectivity index (χ0n) is 10.5. The van der Waals surface area contributed by atoms with Crippen LogP contribution >= 0.6 is 11.6 Å². The van der Waals surface area contributed by atoms with Crippen molar-refractivity contribution in [1.29, 1.82) is 0 Å². The second-order valence-corrected chi connectivity index (χ2v) is 6.75. The number of hydrogen-bond acceptors (Lipinski definition) is 4. The van der Waals surface area contributed by atoms with Crippen molar-refractivity contribution in [3.63, 3.8) is 0 Å². The first-order chi connectivity index (χ1) is 8.42. The number of carbonyl (C=O) groups is 1. The Balaban J connectivity index is 3.34. The zero-order valence-corrected chi connectivity index (χ0v) is 12.1. The molecule has 106 valence electrons. The van der Waals surface area contributed by atoms with Crippen LogP contribution in [0.4, 0.5) is 4.39 Å². The van der Waals surface area contributed by atoms with E-state index in [9.17, 15) is 17.6 Å². The summed E-state index contributed by atoms with van der Waals surface area (Å²) in [6.45, 7) is 4.88. The van der Waals surface area contributed by atoms with Crippen molar-refractivity contribution in [2.24, 2.45) is 5.14 Å². The Hall–Kier alpha value is -1.18. The number of ether oxygens (including phenoxy) is 1. The number of sulfonamides is 1. The normalized spacial score (nSPS) is 12.3. The van der Waals surface area contributed by atoms with Crippen LogP contribution in [-0.2, 0) is 14.8 Å². The second kappa shape index (κ2) is 5.07. The van der Waals surface area contributed by atoms with Crippen molar-refractivity contribution in [2.75, 3.05) is 0 Å². The zero-order chi connectivity index (χ0) is 15.0. The number of rotatable bonds is 2. The van der Waals surface area contributed by atoms with E-state index in [2.05, 4.69) is 0 Å². The van der Waals surface area contributed by atoms with Crippen molar-refractivity contribution in [3.05, 3.63) is 28.5 Å². The summed E-state index contributed by atoms with van der Waals surface area (Å²) in [4.78, 5) is 11.0. The van der Waals surface area contributed by atoms with E-state index in [1.807, 2.05) is 0 Å². The van der Waals surface area contributed by atoms with E-state index >= 15 is 0 Å². The Kier molecular flexibility index (Phi) is 4.23. The molecule has 0 bridgehead atoms. The van der Waals surface area contributed by atoms with Crippen LogP contribution in [0.5, 0.6) is 0 Å². The van der Waals surface area contributed by atoms with Gasteiger partial charge in [-0.15, -0.1) is 0 Å². The number of esters is 1. The monoisotopic (exact) mass is 309 g/mol. The van der Waals surface area contributed by atoms with Crippen molar-refractivity contribution in [1.82, 2.24) is 0 Å². The van der Waals surface area contributed by atoms with E-state index in [0.29, 0.717) is 6.07 Å². The molecule has 0 aliphatic carbocycles. The van der Waals surface area contributed by atoms with Crippen LogP contribution in [0.15, 0.2) is 17.0 Å². The van der Waals surface area contributed by atoms with E-state index < -0.39 is 32.3 Å². The van der Waals surface area contributed by atoms with Gasteiger partial charge in [-0.2, -0.15) is 0 Å². The van der Waals surface area contributed by atoms with Crippen molar-refractivity contribution in [2.45, 2.75) is 31.3 Å². The minimum Gasteiger partial charge on any atom is -0.456 e. The predicted molar refractivity (Wildman–Crippen MR) is 68.0 cm³/mol. The van der Waals surface area contributed by atoms with Gasteiger partial charge in [0, 0.05) is 0 Å². The highest BCUT2D eigenvalue weighted by Crippen LogP contribution is 2.25. The van der Waals surface area contributed by atoms with Crippen molar-refractivity contribution < 1.29 is 22.3 Å². The van der Waals surface area contributed by atoms with Gasteiger partial charge in [0.25, 0.3) is 0 Å². The predicted octanol–water partition coefficient (Wildman–Crippen LogP) is 2.08. The first-order valence-electron chi connectivity index (χ1n) is 5.17. The van der Waals surface area contributed by atoms with Gasteiger partial charge in [-0.25, -0.2) is 22.7 Å². The molecule has 1 aromatic rings. The summed E-state index contributed by atoms with van der Waals surface area (Å²) in [5, 5.41) is 4.59. The van der Waals surface area contributed by atoms with Gasteiger partial charge in [-0.05, 0) is 32.9 Å². The standard InChI is InChI=1S/C11H13ClFNO4S/c1-11(2,3)18-10(15)6-4-9(19(14,16)17)8(13)5-7(6)12/h4-5H,1-3H3,(H2,14,16,17). The minimum atomic E-state index is -4.29. The molecule has 0 atom stereocenters. The molecule has 19 heavy (non-hydrogen) atoms. The van der Waals surface area contributed by atoms with Crippen LogP contribution < -0.4 is 5.14 Å². The highest BCUT2D eigenvalue weighted by molar-refractivity contribution is 7.89. The molecule has 0 aromatic heterocycles. The van der Waals surface area contributed by atoms with Crippen molar-refractivity contribution in [3.8, 4) is 0 Å². The number of benzene rings is 1. The topological polar surface area (TPSA) is 86.5 Å². The third kappa shape index (κ3) is 4.15. The molecule has 0 radical (unpaired) electrons. The molecule has 0 spiro atoms. The molecule has 1 rings (SSSR count). The van der Waals surface area contributed by atoms with E-state index in [1.165, 1.54) is 0 Å².